The number of hydrogen-bond donors (Lipinski definition) is 0. The zero-order chi connectivity index (χ0) is 15.4. The molecular formula is C17H23NO4. The van der Waals surface area contributed by atoms with Crippen molar-refractivity contribution < 1.29 is 19.0 Å². The third kappa shape index (κ3) is 3.59. The summed E-state index contributed by atoms with van der Waals surface area (Å²) in [6, 6.07) is 7.33. The van der Waals surface area contributed by atoms with Crippen molar-refractivity contribution in [1.29, 1.82) is 0 Å². The van der Waals surface area contributed by atoms with Crippen molar-refractivity contribution in [2.75, 3.05) is 33.4 Å². The molecule has 1 unspecified atom stereocenters. The number of rotatable bonds is 4. The monoisotopic (exact) mass is 305 g/mol. The fourth-order valence-electron chi connectivity index (χ4n) is 3.03. The minimum absolute atomic E-state index is 0.0709. The van der Waals surface area contributed by atoms with E-state index >= 15 is 0 Å². The van der Waals surface area contributed by atoms with Gasteiger partial charge >= 0.3 is 0 Å². The van der Waals surface area contributed by atoms with Gasteiger partial charge in [-0.15, -0.1) is 0 Å². The lowest BCUT2D eigenvalue weighted by atomic mass is 10.1. The zero-order valence-electron chi connectivity index (χ0n) is 13.0. The Kier molecular flexibility index (Phi) is 4.95. The molecule has 120 valence electrons. The maximum absolute atomic E-state index is 12.5. The lowest BCUT2D eigenvalue weighted by Gasteiger charge is -2.33. The lowest BCUT2D eigenvalue weighted by Crippen LogP contribution is -2.41. The topological polar surface area (TPSA) is 48.0 Å². The average Bonchev–Trinajstić information content (AvgIpc) is 3.08. The molecule has 0 N–H and O–H groups in total. The highest BCUT2D eigenvalue weighted by Gasteiger charge is 2.27. The van der Waals surface area contributed by atoms with Crippen molar-refractivity contribution in [2.24, 2.45) is 0 Å². The number of likely N-dealkylation sites (tertiary alicyclic amines) is 1. The molecule has 2 aliphatic heterocycles. The Morgan fingerprint density at radius 1 is 1.23 bits per heavy atom. The van der Waals surface area contributed by atoms with Crippen LogP contribution in [-0.2, 0) is 9.47 Å². The maximum Gasteiger partial charge on any atom is 0.253 e. The van der Waals surface area contributed by atoms with Gasteiger partial charge in [0.2, 0.25) is 0 Å². The molecular weight excluding hydrogens is 282 g/mol. The van der Waals surface area contributed by atoms with Gasteiger partial charge < -0.3 is 19.1 Å². The molecule has 0 aliphatic carbocycles. The van der Waals surface area contributed by atoms with Gasteiger partial charge in [-0.25, -0.2) is 0 Å². The van der Waals surface area contributed by atoms with Crippen molar-refractivity contribution in [3.63, 3.8) is 0 Å². The van der Waals surface area contributed by atoms with Crippen molar-refractivity contribution in [3.8, 4) is 5.75 Å². The van der Waals surface area contributed by atoms with E-state index in [4.69, 9.17) is 14.2 Å². The van der Waals surface area contributed by atoms with Crippen LogP contribution >= 0.6 is 0 Å². The minimum Gasteiger partial charge on any atom is -0.497 e. The van der Waals surface area contributed by atoms with Gasteiger partial charge in [0, 0.05) is 25.3 Å². The van der Waals surface area contributed by atoms with Gasteiger partial charge in [-0.1, -0.05) is 6.07 Å². The fourth-order valence-corrected chi connectivity index (χ4v) is 3.03. The molecule has 0 radical (unpaired) electrons. The molecule has 5 heteroatoms. The SMILES string of the molecule is COc1cccc(C(=O)N2CCC(OC3CCOC3)CC2)c1. The van der Waals surface area contributed by atoms with Gasteiger partial charge in [0.05, 0.1) is 25.9 Å². The van der Waals surface area contributed by atoms with Crippen LogP contribution in [0.3, 0.4) is 0 Å². The van der Waals surface area contributed by atoms with Crippen molar-refractivity contribution in [2.45, 2.75) is 31.5 Å². The summed E-state index contributed by atoms with van der Waals surface area (Å²) in [5, 5.41) is 0. The number of hydrogen-bond acceptors (Lipinski definition) is 4. The van der Waals surface area contributed by atoms with Gasteiger partial charge in [-0.05, 0) is 37.5 Å². The van der Waals surface area contributed by atoms with Crippen LogP contribution in [0.2, 0.25) is 0 Å². The standard InChI is InChI=1S/C17H23NO4/c1-20-15-4-2-3-13(11-15)17(19)18-8-5-14(6-9-18)22-16-7-10-21-12-16/h2-4,11,14,16H,5-10,12H2,1H3. The molecule has 1 amide bonds. The van der Waals surface area contributed by atoms with E-state index in [1.165, 1.54) is 0 Å². The second-order valence-electron chi connectivity index (χ2n) is 5.85. The van der Waals surface area contributed by atoms with Gasteiger partial charge in [-0.3, -0.25) is 4.79 Å². The average molecular weight is 305 g/mol. The summed E-state index contributed by atoms with van der Waals surface area (Å²) in [4.78, 5) is 14.4. The lowest BCUT2D eigenvalue weighted by molar-refractivity contribution is -0.0408. The first-order chi connectivity index (χ1) is 10.8. The Labute approximate surface area is 131 Å². The fraction of sp³-hybridized carbons (Fsp3) is 0.588. The predicted octanol–water partition coefficient (Wildman–Crippen LogP) is 2.11. The molecule has 2 heterocycles. The molecule has 0 bridgehead atoms. The summed E-state index contributed by atoms with van der Waals surface area (Å²) >= 11 is 0. The van der Waals surface area contributed by atoms with Crippen LogP contribution in [0.4, 0.5) is 0 Å². The molecule has 0 saturated carbocycles. The Morgan fingerprint density at radius 2 is 2.05 bits per heavy atom. The molecule has 2 fully saturated rings. The first-order valence-electron chi connectivity index (χ1n) is 7.93. The molecule has 22 heavy (non-hydrogen) atoms. The van der Waals surface area contributed by atoms with E-state index in [0.717, 1.165) is 39.0 Å². The largest absolute Gasteiger partial charge is 0.497 e. The van der Waals surface area contributed by atoms with E-state index in [1.54, 1.807) is 13.2 Å². The number of ether oxygens (including phenoxy) is 3. The van der Waals surface area contributed by atoms with E-state index in [0.29, 0.717) is 17.9 Å². The molecule has 1 atom stereocenters. The summed E-state index contributed by atoms with van der Waals surface area (Å²) in [6.07, 6.45) is 3.27. The summed E-state index contributed by atoms with van der Waals surface area (Å²) in [6.45, 7) is 3.00. The summed E-state index contributed by atoms with van der Waals surface area (Å²) < 4.78 is 16.6. The van der Waals surface area contributed by atoms with Crippen molar-refractivity contribution >= 4 is 5.91 Å². The molecule has 1 aromatic rings. The summed E-state index contributed by atoms with van der Waals surface area (Å²) in [7, 11) is 1.61. The van der Waals surface area contributed by atoms with Gasteiger partial charge in [0.25, 0.3) is 5.91 Å². The second-order valence-corrected chi connectivity index (χ2v) is 5.85. The number of nitrogens with zero attached hydrogens (tertiary/aromatic N) is 1. The molecule has 5 nitrogen and oxygen atoms in total. The van der Waals surface area contributed by atoms with E-state index in [-0.39, 0.29) is 18.1 Å². The highest BCUT2D eigenvalue weighted by molar-refractivity contribution is 5.94. The highest BCUT2D eigenvalue weighted by atomic mass is 16.5. The molecule has 0 spiro atoms. The number of methoxy groups -OCH3 is 1. The number of carbonyl (C=O) groups excluding carboxylic acids is 1. The predicted molar refractivity (Wildman–Crippen MR) is 82.2 cm³/mol. The van der Waals surface area contributed by atoms with E-state index in [9.17, 15) is 4.79 Å². The number of piperidine rings is 1. The first-order valence-corrected chi connectivity index (χ1v) is 7.93. The Bertz CT molecular complexity index is 505. The first kappa shape index (κ1) is 15.3. The van der Waals surface area contributed by atoms with Crippen LogP contribution in [-0.4, -0.2) is 56.4 Å². The number of carbonyl (C=O) groups is 1. The smallest absolute Gasteiger partial charge is 0.253 e. The Balaban J connectivity index is 1.52. The normalized spacial score (nSPS) is 22.8. The molecule has 3 rings (SSSR count). The minimum atomic E-state index is 0.0709. The van der Waals surface area contributed by atoms with E-state index < -0.39 is 0 Å². The summed E-state index contributed by atoms with van der Waals surface area (Å²) in [5.41, 5.74) is 0.683. The van der Waals surface area contributed by atoms with Gasteiger partial charge in [0.1, 0.15) is 5.75 Å². The Hall–Kier alpha value is -1.59. The highest BCUT2D eigenvalue weighted by Crippen LogP contribution is 2.21. The van der Waals surface area contributed by atoms with Crippen LogP contribution in [0.25, 0.3) is 0 Å². The zero-order valence-corrected chi connectivity index (χ0v) is 13.0. The number of benzene rings is 1. The van der Waals surface area contributed by atoms with Gasteiger partial charge in [-0.2, -0.15) is 0 Å². The van der Waals surface area contributed by atoms with Crippen molar-refractivity contribution in [1.82, 2.24) is 4.90 Å². The molecule has 2 saturated heterocycles. The third-order valence-corrected chi connectivity index (χ3v) is 4.32. The van der Waals surface area contributed by atoms with Crippen molar-refractivity contribution in [3.05, 3.63) is 29.8 Å². The molecule has 2 aliphatic rings. The van der Waals surface area contributed by atoms with Crippen LogP contribution in [0.1, 0.15) is 29.6 Å². The van der Waals surface area contributed by atoms with Crippen LogP contribution in [0, 0.1) is 0 Å². The maximum atomic E-state index is 12.5. The third-order valence-electron chi connectivity index (χ3n) is 4.32. The van der Waals surface area contributed by atoms with Crippen LogP contribution < -0.4 is 4.74 Å². The van der Waals surface area contributed by atoms with E-state index in [1.807, 2.05) is 23.1 Å². The van der Waals surface area contributed by atoms with E-state index in [2.05, 4.69) is 0 Å². The summed E-state index contributed by atoms with van der Waals surface area (Å²) in [5.74, 6) is 0.784. The quantitative estimate of drug-likeness (QED) is 0.855. The van der Waals surface area contributed by atoms with Gasteiger partial charge in [0.15, 0.2) is 0 Å². The second kappa shape index (κ2) is 7.11. The van der Waals surface area contributed by atoms with Crippen LogP contribution in [0.15, 0.2) is 24.3 Å². The number of amides is 1. The molecule has 0 aromatic heterocycles. The Morgan fingerprint density at radius 3 is 2.73 bits per heavy atom. The molecule has 1 aromatic carbocycles. The van der Waals surface area contributed by atoms with Crippen LogP contribution in [0.5, 0.6) is 5.75 Å².